The molecule has 0 radical (unpaired) electrons. The molecule has 0 aliphatic heterocycles. The van der Waals surface area contributed by atoms with Gasteiger partial charge in [0.25, 0.3) is 0 Å². The maximum absolute atomic E-state index is 13.2. The summed E-state index contributed by atoms with van der Waals surface area (Å²) in [5, 5.41) is 1.19. The molecule has 0 saturated carbocycles. The summed E-state index contributed by atoms with van der Waals surface area (Å²) < 4.78 is 25.1. The molecule has 1 heterocycles. The number of fused-ring (bicyclic) bond motifs is 1. The molecule has 0 N–H and O–H groups in total. The van der Waals surface area contributed by atoms with Crippen LogP contribution in [0.4, 0.5) is 4.39 Å². The van der Waals surface area contributed by atoms with Crippen molar-refractivity contribution in [3.8, 4) is 17.1 Å². The molecule has 3 aromatic carbocycles. The third-order valence-corrected chi connectivity index (χ3v) is 5.28. The summed E-state index contributed by atoms with van der Waals surface area (Å²) in [6, 6.07) is 16.2. The maximum atomic E-state index is 13.2. The van der Waals surface area contributed by atoms with E-state index in [0.29, 0.717) is 32.1 Å². The summed E-state index contributed by atoms with van der Waals surface area (Å²) in [7, 11) is 0. The number of hydrogen-bond donors (Lipinski definition) is 0. The predicted molar refractivity (Wildman–Crippen MR) is 113 cm³/mol. The Balaban J connectivity index is 1.89. The van der Waals surface area contributed by atoms with Gasteiger partial charge in [0.05, 0.1) is 10.4 Å². The van der Waals surface area contributed by atoms with Gasteiger partial charge in [-0.3, -0.25) is 4.79 Å². The average molecular weight is 429 g/mol. The molecule has 0 atom stereocenters. The lowest BCUT2D eigenvalue weighted by Gasteiger charge is -2.13. The van der Waals surface area contributed by atoms with E-state index < -0.39 is 0 Å². The Morgan fingerprint density at radius 2 is 1.72 bits per heavy atom. The van der Waals surface area contributed by atoms with Gasteiger partial charge in [-0.1, -0.05) is 47.5 Å². The van der Waals surface area contributed by atoms with E-state index in [0.717, 1.165) is 5.56 Å². The highest BCUT2D eigenvalue weighted by atomic mass is 35.5. The molecule has 0 spiro atoms. The largest absolute Gasteiger partial charge is 0.481 e. The number of benzene rings is 3. The smallest absolute Gasteiger partial charge is 0.235 e. The zero-order valence-electron chi connectivity index (χ0n) is 15.3. The molecule has 29 heavy (non-hydrogen) atoms. The number of hydrogen-bond acceptors (Lipinski definition) is 3. The molecule has 0 unspecified atom stereocenters. The lowest BCUT2D eigenvalue weighted by Crippen LogP contribution is -2.10. The van der Waals surface area contributed by atoms with Gasteiger partial charge in [-0.2, -0.15) is 0 Å². The minimum Gasteiger partial charge on any atom is -0.481 e. The molecule has 146 valence electrons. The van der Waals surface area contributed by atoms with Gasteiger partial charge in [0.1, 0.15) is 18.0 Å². The van der Waals surface area contributed by atoms with E-state index in [2.05, 4.69) is 0 Å². The van der Waals surface area contributed by atoms with Gasteiger partial charge in [-0.15, -0.1) is 0 Å². The number of aryl methyl sites for hydroxylation is 1. The third-order valence-electron chi connectivity index (χ3n) is 4.54. The van der Waals surface area contributed by atoms with Gasteiger partial charge in [0.15, 0.2) is 5.76 Å². The van der Waals surface area contributed by atoms with Gasteiger partial charge in [0.2, 0.25) is 11.2 Å². The second-order valence-corrected chi connectivity index (χ2v) is 7.40. The van der Waals surface area contributed by atoms with Crippen LogP contribution in [0.25, 0.3) is 22.3 Å². The van der Waals surface area contributed by atoms with Crippen molar-refractivity contribution in [1.29, 1.82) is 0 Å². The fourth-order valence-corrected chi connectivity index (χ4v) is 3.37. The quantitative estimate of drug-likeness (QED) is 0.359. The molecule has 6 heteroatoms. The maximum Gasteiger partial charge on any atom is 0.235 e. The van der Waals surface area contributed by atoms with E-state index in [1.807, 2.05) is 6.92 Å². The van der Waals surface area contributed by atoms with Crippen LogP contribution >= 0.6 is 23.2 Å². The average Bonchev–Trinajstić information content (AvgIpc) is 2.70. The van der Waals surface area contributed by atoms with Gasteiger partial charge in [0, 0.05) is 10.6 Å². The summed E-state index contributed by atoms with van der Waals surface area (Å²) in [6.07, 6.45) is 0. The SMILES string of the molecule is Cc1cc2oc(-c3ccccc3Cl)c(OCc3ccc(F)cc3)c(=O)c2cc1Cl. The normalized spacial score (nSPS) is 11.0. The fraction of sp³-hybridized carbons (Fsp3) is 0.0870. The lowest BCUT2D eigenvalue weighted by molar-refractivity contribution is 0.297. The molecule has 0 bridgehead atoms. The first-order chi connectivity index (χ1) is 13.9. The number of ether oxygens (including phenoxy) is 1. The molecular formula is C23H15Cl2FO3. The summed E-state index contributed by atoms with van der Waals surface area (Å²) in [6.45, 7) is 1.89. The molecule has 0 aliphatic rings. The third kappa shape index (κ3) is 3.86. The van der Waals surface area contributed by atoms with Crippen LogP contribution in [0.5, 0.6) is 5.75 Å². The summed E-state index contributed by atoms with van der Waals surface area (Å²) in [4.78, 5) is 13.2. The molecule has 0 fully saturated rings. The van der Waals surface area contributed by atoms with Crippen molar-refractivity contribution in [2.75, 3.05) is 0 Å². The Hall–Kier alpha value is -2.82. The van der Waals surface area contributed by atoms with Crippen molar-refractivity contribution in [3.63, 3.8) is 0 Å². The lowest BCUT2D eigenvalue weighted by atomic mass is 10.1. The van der Waals surface area contributed by atoms with E-state index in [1.165, 1.54) is 12.1 Å². The van der Waals surface area contributed by atoms with Crippen LogP contribution in [0.15, 0.2) is 69.9 Å². The first kappa shape index (κ1) is 19.5. The molecule has 0 amide bonds. The molecular weight excluding hydrogens is 414 g/mol. The molecule has 1 aromatic heterocycles. The zero-order chi connectivity index (χ0) is 20.5. The van der Waals surface area contributed by atoms with Crippen LogP contribution in [0.2, 0.25) is 10.0 Å². The van der Waals surface area contributed by atoms with Gasteiger partial charge >= 0.3 is 0 Å². The monoisotopic (exact) mass is 428 g/mol. The fourth-order valence-electron chi connectivity index (χ4n) is 2.99. The van der Waals surface area contributed by atoms with Crippen molar-refractivity contribution in [3.05, 3.63) is 97.9 Å². The standard InChI is InChI=1S/C23H15Cl2FO3/c1-13-10-20-17(11-19(13)25)21(27)23(28-12-14-6-8-15(26)9-7-14)22(29-20)16-4-2-3-5-18(16)24/h2-11H,12H2,1H3. The Labute approximate surface area is 176 Å². The summed E-state index contributed by atoms with van der Waals surface area (Å²) >= 11 is 12.5. The van der Waals surface area contributed by atoms with Crippen molar-refractivity contribution in [1.82, 2.24) is 0 Å². The van der Waals surface area contributed by atoms with Crippen LogP contribution in [0, 0.1) is 12.7 Å². The highest BCUT2D eigenvalue weighted by molar-refractivity contribution is 6.33. The van der Waals surface area contributed by atoms with Crippen LogP contribution in [-0.2, 0) is 6.61 Å². The van der Waals surface area contributed by atoms with Gasteiger partial charge in [-0.05, 0) is 54.4 Å². The van der Waals surface area contributed by atoms with Crippen LogP contribution in [0.1, 0.15) is 11.1 Å². The van der Waals surface area contributed by atoms with Crippen molar-refractivity contribution >= 4 is 34.2 Å². The summed E-state index contributed by atoms with van der Waals surface area (Å²) in [5.74, 6) is -0.0903. The second kappa shape index (κ2) is 7.90. The Kier molecular flexibility index (Phi) is 5.31. The summed E-state index contributed by atoms with van der Waals surface area (Å²) in [5.41, 5.74) is 2.06. The van der Waals surface area contributed by atoms with Gasteiger partial charge < -0.3 is 9.15 Å². The van der Waals surface area contributed by atoms with E-state index in [4.69, 9.17) is 32.4 Å². The minimum absolute atomic E-state index is 0.0230. The van der Waals surface area contributed by atoms with Crippen LogP contribution in [-0.4, -0.2) is 0 Å². The van der Waals surface area contributed by atoms with Crippen molar-refractivity contribution < 1.29 is 13.5 Å². The van der Waals surface area contributed by atoms with Crippen molar-refractivity contribution in [2.24, 2.45) is 0 Å². The van der Waals surface area contributed by atoms with E-state index >= 15 is 0 Å². The Morgan fingerprint density at radius 3 is 2.45 bits per heavy atom. The van der Waals surface area contributed by atoms with E-state index in [1.54, 1.807) is 48.5 Å². The van der Waals surface area contributed by atoms with E-state index in [-0.39, 0.29) is 29.4 Å². The molecule has 4 rings (SSSR count). The molecule has 0 saturated heterocycles. The van der Waals surface area contributed by atoms with Gasteiger partial charge in [-0.25, -0.2) is 4.39 Å². The first-order valence-corrected chi connectivity index (χ1v) is 9.59. The predicted octanol–water partition coefficient (Wildman–Crippen LogP) is 6.79. The van der Waals surface area contributed by atoms with E-state index in [9.17, 15) is 9.18 Å². The zero-order valence-corrected chi connectivity index (χ0v) is 16.9. The second-order valence-electron chi connectivity index (χ2n) is 6.58. The van der Waals surface area contributed by atoms with Crippen LogP contribution < -0.4 is 10.2 Å². The first-order valence-electron chi connectivity index (χ1n) is 8.83. The Bertz CT molecular complexity index is 1260. The highest BCUT2D eigenvalue weighted by Gasteiger charge is 2.20. The Morgan fingerprint density at radius 1 is 1.00 bits per heavy atom. The highest BCUT2D eigenvalue weighted by Crippen LogP contribution is 2.36. The topological polar surface area (TPSA) is 39.4 Å². The van der Waals surface area contributed by atoms with Crippen LogP contribution in [0.3, 0.4) is 0 Å². The van der Waals surface area contributed by atoms with Crippen molar-refractivity contribution in [2.45, 2.75) is 13.5 Å². The number of rotatable bonds is 4. The molecule has 0 aliphatic carbocycles. The minimum atomic E-state index is -0.356. The number of halogens is 3. The molecule has 4 aromatic rings. The molecule has 3 nitrogen and oxygen atoms in total.